The van der Waals surface area contributed by atoms with Crippen LogP contribution in [0.15, 0.2) is 59.6 Å². The first kappa shape index (κ1) is 20.9. The van der Waals surface area contributed by atoms with E-state index in [2.05, 4.69) is 27.5 Å². The number of piperazine rings is 1. The molecule has 8 heteroatoms. The summed E-state index contributed by atoms with van der Waals surface area (Å²) in [6.45, 7) is 5.33. The normalized spacial score (nSPS) is 19.6. The Morgan fingerprint density at radius 2 is 1.74 bits per heavy atom. The predicted molar refractivity (Wildman–Crippen MR) is 119 cm³/mol. The van der Waals surface area contributed by atoms with Gasteiger partial charge in [0, 0.05) is 32.7 Å². The van der Waals surface area contributed by atoms with E-state index >= 15 is 0 Å². The van der Waals surface area contributed by atoms with E-state index in [0.717, 1.165) is 25.4 Å². The Balaban J connectivity index is 1.36. The number of amides is 2. The summed E-state index contributed by atoms with van der Waals surface area (Å²) in [5, 5.41) is 1.41. The molecule has 0 unspecified atom stereocenters. The minimum atomic E-state index is -0.614. The molecular weight excluding hydrogens is 394 g/mol. The van der Waals surface area contributed by atoms with Gasteiger partial charge in [0.15, 0.2) is 0 Å². The first-order chi connectivity index (χ1) is 15.0. The number of aliphatic imine (C=N–C) groups is 1. The number of rotatable bonds is 5. The standard InChI is InChI=1S/C23H27N5O3/c1-17-22(29)28(19-6-4-3-5-7-19)25-21(24-17)23(30)27-14-12-26(13-15-27)16-18-8-10-20(31-2)11-9-18/h3-11,17H,12-16H2,1-2H3,(H,24,25)/t17-/m1/s1. The van der Waals surface area contributed by atoms with E-state index in [1.54, 1.807) is 18.9 Å². The zero-order chi connectivity index (χ0) is 21.8. The van der Waals surface area contributed by atoms with Crippen molar-refractivity contribution in [3.8, 4) is 5.75 Å². The van der Waals surface area contributed by atoms with Crippen molar-refractivity contribution in [1.82, 2.24) is 15.2 Å². The number of hydrogen-bond donors (Lipinski definition) is 1. The molecule has 0 bridgehead atoms. The van der Waals surface area contributed by atoms with Crippen LogP contribution in [0, 0.1) is 0 Å². The molecule has 2 aliphatic heterocycles. The van der Waals surface area contributed by atoms with E-state index in [1.807, 2.05) is 42.5 Å². The maximum absolute atomic E-state index is 13.1. The number of amidine groups is 1. The van der Waals surface area contributed by atoms with Gasteiger partial charge < -0.3 is 9.64 Å². The number of benzene rings is 2. The van der Waals surface area contributed by atoms with Crippen LogP contribution in [-0.4, -0.2) is 66.8 Å². The van der Waals surface area contributed by atoms with Gasteiger partial charge in [-0.05, 0) is 36.8 Å². The molecule has 0 radical (unpaired) electrons. The Labute approximate surface area is 182 Å². The van der Waals surface area contributed by atoms with Crippen LogP contribution >= 0.6 is 0 Å². The van der Waals surface area contributed by atoms with Crippen LogP contribution in [0.25, 0.3) is 0 Å². The summed E-state index contributed by atoms with van der Waals surface area (Å²) in [5.41, 5.74) is 4.82. The molecule has 1 fully saturated rings. The smallest absolute Gasteiger partial charge is 0.290 e. The number of nitrogens with zero attached hydrogens (tertiary/aromatic N) is 4. The quantitative estimate of drug-likeness (QED) is 0.795. The van der Waals surface area contributed by atoms with Gasteiger partial charge in [-0.1, -0.05) is 30.3 Å². The van der Waals surface area contributed by atoms with Gasteiger partial charge in [0.05, 0.1) is 12.8 Å². The minimum absolute atomic E-state index is 0.177. The number of hydrazine groups is 1. The van der Waals surface area contributed by atoms with Crippen molar-refractivity contribution in [2.24, 2.45) is 4.99 Å². The monoisotopic (exact) mass is 421 g/mol. The lowest BCUT2D eigenvalue weighted by Crippen LogP contribution is -2.60. The maximum atomic E-state index is 13.1. The van der Waals surface area contributed by atoms with Crippen molar-refractivity contribution in [3.63, 3.8) is 0 Å². The average molecular weight is 422 g/mol. The van der Waals surface area contributed by atoms with Crippen molar-refractivity contribution in [2.45, 2.75) is 19.5 Å². The maximum Gasteiger partial charge on any atom is 0.290 e. The van der Waals surface area contributed by atoms with Crippen molar-refractivity contribution < 1.29 is 14.3 Å². The van der Waals surface area contributed by atoms with Gasteiger partial charge in [0.2, 0.25) is 5.84 Å². The number of methoxy groups -OCH3 is 1. The predicted octanol–water partition coefficient (Wildman–Crippen LogP) is 1.68. The average Bonchev–Trinajstić information content (AvgIpc) is 2.82. The number of ether oxygens (including phenoxy) is 1. The molecule has 0 spiro atoms. The first-order valence-corrected chi connectivity index (χ1v) is 10.4. The Morgan fingerprint density at radius 3 is 2.39 bits per heavy atom. The fraction of sp³-hybridized carbons (Fsp3) is 0.348. The highest BCUT2D eigenvalue weighted by molar-refractivity contribution is 6.39. The van der Waals surface area contributed by atoms with E-state index in [9.17, 15) is 9.59 Å². The lowest BCUT2D eigenvalue weighted by Gasteiger charge is -2.37. The topological polar surface area (TPSA) is 77.5 Å². The fourth-order valence-electron chi connectivity index (χ4n) is 3.75. The summed E-state index contributed by atoms with van der Waals surface area (Å²) in [4.78, 5) is 34.1. The SMILES string of the molecule is COc1ccc(CN2CCN(C(=O)C3=N[C@H](C)C(=O)N(c4ccccc4)N3)CC2)cc1. The molecule has 0 saturated carbocycles. The molecule has 31 heavy (non-hydrogen) atoms. The van der Waals surface area contributed by atoms with Crippen molar-refractivity contribution >= 4 is 23.3 Å². The highest BCUT2D eigenvalue weighted by atomic mass is 16.5. The largest absolute Gasteiger partial charge is 0.497 e. The molecular formula is C23H27N5O3. The summed E-state index contributed by atoms with van der Waals surface area (Å²) < 4.78 is 5.21. The fourth-order valence-corrected chi connectivity index (χ4v) is 3.75. The van der Waals surface area contributed by atoms with Gasteiger partial charge in [0.1, 0.15) is 11.8 Å². The first-order valence-electron chi connectivity index (χ1n) is 10.4. The molecule has 2 aromatic rings. The lowest BCUT2D eigenvalue weighted by atomic mass is 10.2. The molecule has 2 amide bonds. The molecule has 2 heterocycles. The highest BCUT2D eigenvalue weighted by Crippen LogP contribution is 2.17. The van der Waals surface area contributed by atoms with Gasteiger partial charge in [-0.25, -0.2) is 10.0 Å². The van der Waals surface area contributed by atoms with Crippen LogP contribution < -0.4 is 15.2 Å². The Kier molecular flexibility index (Phi) is 6.18. The Hall–Kier alpha value is -3.39. The summed E-state index contributed by atoms with van der Waals surface area (Å²) in [5.74, 6) is 0.688. The number of carbonyl (C=O) groups is 2. The van der Waals surface area contributed by atoms with Crippen LogP contribution in [0.2, 0.25) is 0 Å². The van der Waals surface area contributed by atoms with Crippen molar-refractivity contribution in [2.75, 3.05) is 38.3 Å². The van der Waals surface area contributed by atoms with E-state index in [1.165, 1.54) is 10.6 Å². The van der Waals surface area contributed by atoms with E-state index in [4.69, 9.17) is 4.74 Å². The Morgan fingerprint density at radius 1 is 1.06 bits per heavy atom. The summed E-state index contributed by atoms with van der Waals surface area (Å²) in [7, 11) is 1.66. The van der Waals surface area contributed by atoms with Crippen LogP contribution in [0.3, 0.4) is 0 Å². The second-order valence-electron chi connectivity index (χ2n) is 7.69. The second kappa shape index (κ2) is 9.18. The lowest BCUT2D eigenvalue weighted by molar-refractivity contribution is -0.126. The number of anilines is 1. The third kappa shape index (κ3) is 4.69. The van der Waals surface area contributed by atoms with Gasteiger partial charge >= 0.3 is 0 Å². The molecule has 1 saturated heterocycles. The van der Waals surface area contributed by atoms with Crippen LogP contribution in [0.1, 0.15) is 12.5 Å². The number of para-hydroxylation sites is 1. The van der Waals surface area contributed by atoms with Crippen LogP contribution in [0.5, 0.6) is 5.75 Å². The van der Waals surface area contributed by atoms with Gasteiger partial charge in [-0.2, -0.15) is 0 Å². The van der Waals surface area contributed by atoms with Crippen LogP contribution in [0.4, 0.5) is 5.69 Å². The third-order valence-corrected chi connectivity index (χ3v) is 5.56. The van der Waals surface area contributed by atoms with Crippen molar-refractivity contribution in [3.05, 3.63) is 60.2 Å². The molecule has 8 nitrogen and oxygen atoms in total. The van der Waals surface area contributed by atoms with E-state index < -0.39 is 6.04 Å². The second-order valence-corrected chi connectivity index (χ2v) is 7.69. The highest BCUT2D eigenvalue weighted by Gasteiger charge is 2.33. The number of nitrogens with one attached hydrogen (secondary N) is 1. The van der Waals surface area contributed by atoms with Crippen LogP contribution in [-0.2, 0) is 16.1 Å². The molecule has 1 N–H and O–H groups in total. The number of carbonyl (C=O) groups excluding carboxylic acids is 2. The van der Waals surface area contributed by atoms with E-state index in [0.29, 0.717) is 18.8 Å². The molecule has 0 aliphatic carbocycles. The minimum Gasteiger partial charge on any atom is -0.497 e. The summed E-state index contributed by atoms with van der Waals surface area (Å²) >= 11 is 0. The van der Waals surface area contributed by atoms with Gasteiger partial charge in [0.25, 0.3) is 11.8 Å². The van der Waals surface area contributed by atoms with Gasteiger partial charge in [-0.3, -0.25) is 19.9 Å². The molecule has 0 aromatic heterocycles. The van der Waals surface area contributed by atoms with Crippen molar-refractivity contribution in [1.29, 1.82) is 0 Å². The Bertz CT molecular complexity index is 953. The van der Waals surface area contributed by atoms with E-state index in [-0.39, 0.29) is 17.6 Å². The number of hydrogen-bond acceptors (Lipinski definition) is 6. The summed E-state index contributed by atoms with van der Waals surface area (Å²) in [6, 6.07) is 16.7. The molecule has 1 atom stereocenters. The van der Waals surface area contributed by atoms with Gasteiger partial charge in [-0.15, -0.1) is 0 Å². The molecule has 2 aromatic carbocycles. The summed E-state index contributed by atoms with van der Waals surface area (Å²) in [6.07, 6.45) is 0. The molecule has 162 valence electrons. The zero-order valence-corrected chi connectivity index (χ0v) is 17.8. The molecule has 4 rings (SSSR count). The molecule has 2 aliphatic rings. The zero-order valence-electron chi connectivity index (χ0n) is 17.8. The third-order valence-electron chi connectivity index (χ3n) is 5.56.